The maximum absolute atomic E-state index is 12.7. The Kier molecular flexibility index (Phi) is 5.44. The van der Waals surface area contributed by atoms with Crippen LogP contribution in [0.1, 0.15) is 20.7 Å². The average molecular weight is 396 g/mol. The quantitative estimate of drug-likeness (QED) is 0.478. The summed E-state index contributed by atoms with van der Waals surface area (Å²) in [4.78, 5) is 25.2. The summed E-state index contributed by atoms with van der Waals surface area (Å²) in [6, 6.07) is 27.3. The summed E-state index contributed by atoms with van der Waals surface area (Å²) >= 11 is 0. The minimum Gasteiger partial charge on any atom is -0.497 e. The molecule has 5 nitrogen and oxygen atoms in total. The van der Waals surface area contributed by atoms with Gasteiger partial charge in [-0.15, -0.1) is 0 Å². The standard InChI is InChI=1S/C25H20N2O3/c1-30-21-9-5-8-20(16-21)27-24(28)18-12-14-19(15-13-18)26-25(29)23-11-4-7-17-6-2-3-10-22(17)23/h2-16H,1H3,(H,26,29)(H,27,28). The SMILES string of the molecule is COc1cccc(NC(=O)c2ccc(NC(=O)c3cccc4ccccc34)cc2)c1. The lowest BCUT2D eigenvalue weighted by Gasteiger charge is -2.10. The summed E-state index contributed by atoms with van der Waals surface area (Å²) < 4.78 is 5.17. The van der Waals surface area contributed by atoms with Crippen molar-refractivity contribution < 1.29 is 14.3 Å². The van der Waals surface area contributed by atoms with Crippen molar-refractivity contribution in [2.24, 2.45) is 0 Å². The molecule has 0 bridgehead atoms. The highest BCUT2D eigenvalue weighted by atomic mass is 16.5. The van der Waals surface area contributed by atoms with E-state index in [-0.39, 0.29) is 11.8 Å². The van der Waals surface area contributed by atoms with Crippen molar-refractivity contribution in [2.75, 3.05) is 17.7 Å². The minimum atomic E-state index is -0.241. The van der Waals surface area contributed by atoms with Crippen LogP contribution in [0.15, 0.2) is 91.0 Å². The van der Waals surface area contributed by atoms with Gasteiger partial charge in [0.15, 0.2) is 0 Å². The molecule has 0 fully saturated rings. The lowest BCUT2D eigenvalue weighted by atomic mass is 10.0. The Morgan fingerprint density at radius 1 is 0.700 bits per heavy atom. The van der Waals surface area contributed by atoms with E-state index in [9.17, 15) is 9.59 Å². The molecule has 148 valence electrons. The molecule has 0 saturated heterocycles. The molecule has 0 aromatic heterocycles. The number of benzene rings is 4. The van der Waals surface area contributed by atoms with Gasteiger partial charge in [0, 0.05) is 28.6 Å². The fourth-order valence-electron chi connectivity index (χ4n) is 3.23. The Balaban J connectivity index is 1.46. The lowest BCUT2D eigenvalue weighted by molar-refractivity contribution is 0.102. The molecule has 0 aliphatic carbocycles. The second-order valence-electron chi connectivity index (χ2n) is 6.74. The van der Waals surface area contributed by atoms with E-state index in [4.69, 9.17) is 4.74 Å². The van der Waals surface area contributed by atoms with Crippen molar-refractivity contribution >= 4 is 34.0 Å². The first-order valence-electron chi connectivity index (χ1n) is 9.48. The van der Waals surface area contributed by atoms with E-state index >= 15 is 0 Å². The number of amides is 2. The largest absolute Gasteiger partial charge is 0.497 e. The van der Waals surface area contributed by atoms with Crippen LogP contribution in [0.4, 0.5) is 11.4 Å². The molecule has 4 rings (SSSR count). The molecular formula is C25H20N2O3. The van der Waals surface area contributed by atoms with Gasteiger partial charge >= 0.3 is 0 Å². The monoisotopic (exact) mass is 396 g/mol. The van der Waals surface area contributed by atoms with Crippen molar-refractivity contribution in [3.63, 3.8) is 0 Å². The van der Waals surface area contributed by atoms with Crippen LogP contribution in [0.2, 0.25) is 0 Å². The van der Waals surface area contributed by atoms with Gasteiger partial charge in [0.05, 0.1) is 7.11 Å². The molecule has 0 atom stereocenters. The topological polar surface area (TPSA) is 67.4 Å². The smallest absolute Gasteiger partial charge is 0.256 e. The van der Waals surface area contributed by atoms with Crippen LogP contribution < -0.4 is 15.4 Å². The highest BCUT2D eigenvalue weighted by Gasteiger charge is 2.11. The molecule has 0 aliphatic heterocycles. The van der Waals surface area contributed by atoms with Gasteiger partial charge in [0.1, 0.15) is 5.75 Å². The maximum Gasteiger partial charge on any atom is 0.256 e. The zero-order valence-electron chi connectivity index (χ0n) is 16.4. The first-order chi connectivity index (χ1) is 14.6. The van der Waals surface area contributed by atoms with Gasteiger partial charge in [-0.3, -0.25) is 9.59 Å². The fourth-order valence-corrected chi connectivity index (χ4v) is 3.23. The second-order valence-corrected chi connectivity index (χ2v) is 6.74. The summed E-state index contributed by atoms with van der Waals surface area (Å²) in [5.74, 6) is 0.231. The third kappa shape index (κ3) is 4.15. The molecule has 2 N–H and O–H groups in total. The van der Waals surface area contributed by atoms with Crippen molar-refractivity contribution in [1.29, 1.82) is 0 Å². The van der Waals surface area contributed by atoms with Crippen molar-refractivity contribution in [2.45, 2.75) is 0 Å². The molecule has 30 heavy (non-hydrogen) atoms. The van der Waals surface area contributed by atoms with E-state index in [1.54, 1.807) is 55.6 Å². The van der Waals surface area contributed by atoms with Gasteiger partial charge in [-0.25, -0.2) is 0 Å². The summed E-state index contributed by atoms with van der Waals surface area (Å²) in [5.41, 5.74) is 2.35. The second kappa shape index (κ2) is 8.49. The van der Waals surface area contributed by atoms with Gasteiger partial charge in [0.2, 0.25) is 0 Å². The van der Waals surface area contributed by atoms with E-state index < -0.39 is 0 Å². The Labute approximate surface area is 174 Å². The number of hydrogen-bond donors (Lipinski definition) is 2. The maximum atomic E-state index is 12.7. The number of carbonyl (C=O) groups excluding carboxylic acids is 2. The predicted octanol–water partition coefficient (Wildman–Crippen LogP) is 5.35. The van der Waals surface area contributed by atoms with Crippen molar-refractivity contribution in [3.05, 3.63) is 102 Å². The first-order valence-corrected chi connectivity index (χ1v) is 9.48. The molecule has 0 aliphatic rings. The molecule has 0 saturated carbocycles. The molecule has 0 radical (unpaired) electrons. The van der Waals surface area contributed by atoms with Crippen LogP contribution in [-0.4, -0.2) is 18.9 Å². The number of carbonyl (C=O) groups is 2. The van der Waals surface area contributed by atoms with E-state index in [1.807, 2.05) is 42.5 Å². The highest BCUT2D eigenvalue weighted by Crippen LogP contribution is 2.21. The van der Waals surface area contributed by atoms with Crippen LogP contribution >= 0.6 is 0 Å². The van der Waals surface area contributed by atoms with E-state index in [2.05, 4.69) is 10.6 Å². The van der Waals surface area contributed by atoms with Crippen LogP contribution in [0.5, 0.6) is 5.75 Å². The molecule has 4 aromatic rings. The Bertz CT molecular complexity index is 1210. The predicted molar refractivity (Wildman–Crippen MR) is 119 cm³/mol. The molecule has 2 amide bonds. The number of nitrogens with one attached hydrogen (secondary N) is 2. The van der Waals surface area contributed by atoms with Crippen LogP contribution in [0, 0.1) is 0 Å². The molecule has 0 heterocycles. The van der Waals surface area contributed by atoms with Gasteiger partial charge in [-0.2, -0.15) is 0 Å². The Morgan fingerprint density at radius 2 is 1.40 bits per heavy atom. The number of methoxy groups -OCH3 is 1. The number of hydrogen-bond acceptors (Lipinski definition) is 3. The van der Waals surface area contributed by atoms with E-state index in [1.165, 1.54) is 0 Å². The van der Waals surface area contributed by atoms with Gasteiger partial charge < -0.3 is 15.4 Å². The van der Waals surface area contributed by atoms with Crippen molar-refractivity contribution in [3.8, 4) is 5.75 Å². The molecule has 0 spiro atoms. The zero-order valence-corrected chi connectivity index (χ0v) is 16.4. The fraction of sp³-hybridized carbons (Fsp3) is 0.0400. The normalized spacial score (nSPS) is 10.4. The van der Waals surface area contributed by atoms with Gasteiger partial charge in [-0.1, -0.05) is 42.5 Å². The van der Waals surface area contributed by atoms with Crippen molar-refractivity contribution in [1.82, 2.24) is 0 Å². The minimum absolute atomic E-state index is 0.194. The Morgan fingerprint density at radius 3 is 2.20 bits per heavy atom. The molecule has 4 aromatic carbocycles. The van der Waals surface area contributed by atoms with Crippen LogP contribution in [0.3, 0.4) is 0 Å². The summed E-state index contributed by atoms with van der Waals surface area (Å²) in [6.07, 6.45) is 0. The molecular weight excluding hydrogens is 376 g/mol. The third-order valence-electron chi connectivity index (χ3n) is 4.77. The highest BCUT2D eigenvalue weighted by molar-refractivity contribution is 6.13. The van der Waals surface area contributed by atoms with Gasteiger partial charge in [-0.05, 0) is 53.2 Å². The summed E-state index contributed by atoms with van der Waals surface area (Å²) in [7, 11) is 1.58. The summed E-state index contributed by atoms with van der Waals surface area (Å²) in [6.45, 7) is 0. The lowest BCUT2D eigenvalue weighted by Crippen LogP contribution is -2.14. The number of rotatable bonds is 5. The van der Waals surface area contributed by atoms with Gasteiger partial charge in [0.25, 0.3) is 11.8 Å². The molecule has 5 heteroatoms. The third-order valence-corrected chi connectivity index (χ3v) is 4.77. The number of anilines is 2. The van der Waals surface area contributed by atoms with E-state index in [0.29, 0.717) is 28.3 Å². The molecule has 0 unspecified atom stereocenters. The average Bonchev–Trinajstić information content (AvgIpc) is 2.79. The Hall–Kier alpha value is -4.12. The number of fused-ring (bicyclic) bond motifs is 1. The summed E-state index contributed by atoms with van der Waals surface area (Å²) in [5, 5.41) is 7.63. The first kappa shape index (κ1) is 19.2. The van der Waals surface area contributed by atoms with Crippen LogP contribution in [0.25, 0.3) is 10.8 Å². The number of ether oxygens (including phenoxy) is 1. The van der Waals surface area contributed by atoms with Crippen LogP contribution in [-0.2, 0) is 0 Å². The zero-order chi connectivity index (χ0) is 20.9. The van der Waals surface area contributed by atoms with E-state index in [0.717, 1.165) is 10.8 Å².